The summed E-state index contributed by atoms with van der Waals surface area (Å²) in [7, 11) is 0. The normalized spacial score (nSPS) is 9.86. The van der Waals surface area contributed by atoms with Crippen LogP contribution in [0.3, 0.4) is 0 Å². The highest BCUT2D eigenvalue weighted by atomic mass is 79.9. The van der Waals surface area contributed by atoms with E-state index in [1.54, 1.807) is 13.0 Å². The predicted octanol–water partition coefficient (Wildman–Crippen LogP) is 1.24. The summed E-state index contributed by atoms with van der Waals surface area (Å²) in [6, 6.07) is 1.61. The maximum Gasteiger partial charge on any atom is 0.310 e. The third-order valence-electron chi connectivity index (χ3n) is 1.59. The lowest BCUT2D eigenvalue weighted by atomic mass is 10.2. The van der Waals surface area contributed by atoms with Gasteiger partial charge in [0.05, 0.1) is 13.0 Å². The Hall–Kier alpha value is -1.10. The van der Waals surface area contributed by atoms with Crippen molar-refractivity contribution >= 4 is 21.9 Å². The van der Waals surface area contributed by atoms with E-state index in [0.717, 1.165) is 4.47 Å². The molecule has 1 aromatic heterocycles. The average Bonchev–Trinajstić information content (AvgIpc) is 2.12. The van der Waals surface area contributed by atoms with Gasteiger partial charge in [0, 0.05) is 16.2 Å². The van der Waals surface area contributed by atoms with Crippen molar-refractivity contribution in [2.45, 2.75) is 13.3 Å². The second kappa shape index (κ2) is 4.95. The van der Waals surface area contributed by atoms with Crippen LogP contribution in [-0.4, -0.2) is 17.6 Å². The number of esters is 1. The number of hydrogen-bond donors (Lipinski definition) is 1. The minimum atomic E-state index is -0.392. The number of nitrogens with one attached hydrogen (secondary N) is 1. The maximum absolute atomic E-state index is 11.2. The van der Waals surface area contributed by atoms with Gasteiger partial charge in [0.15, 0.2) is 0 Å². The first-order chi connectivity index (χ1) is 6.63. The highest BCUT2D eigenvalue weighted by Gasteiger charge is 2.07. The van der Waals surface area contributed by atoms with Crippen molar-refractivity contribution in [1.82, 2.24) is 4.98 Å². The second-order valence-corrected chi connectivity index (χ2v) is 3.57. The Kier molecular flexibility index (Phi) is 3.88. The fourth-order valence-corrected chi connectivity index (χ4v) is 1.39. The molecule has 0 amide bonds. The smallest absolute Gasteiger partial charge is 0.310 e. The number of aromatic nitrogens is 1. The summed E-state index contributed by atoms with van der Waals surface area (Å²) < 4.78 is 5.47. The van der Waals surface area contributed by atoms with Crippen LogP contribution >= 0.6 is 15.9 Å². The first kappa shape index (κ1) is 11.0. The average molecular weight is 260 g/mol. The molecule has 1 aromatic rings. The first-order valence-corrected chi connectivity index (χ1v) is 4.95. The molecule has 0 fully saturated rings. The van der Waals surface area contributed by atoms with Gasteiger partial charge in [-0.2, -0.15) is 0 Å². The van der Waals surface area contributed by atoms with Gasteiger partial charge in [-0.25, -0.2) is 0 Å². The topological polar surface area (TPSA) is 59.2 Å². The van der Waals surface area contributed by atoms with Crippen molar-refractivity contribution in [3.8, 4) is 0 Å². The molecule has 0 saturated carbocycles. The molecule has 14 heavy (non-hydrogen) atoms. The molecule has 0 radical (unpaired) electrons. The molecule has 1 rings (SSSR count). The van der Waals surface area contributed by atoms with Crippen molar-refractivity contribution in [2.24, 2.45) is 0 Å². The summed E-state index contributed by atoms with van der Waals surface area (Å²) in [4.78, 5) is 24.8. The van der Waals surface area contributed by atoms with Crippen LogP contribution < -0.4 is 5.56 Å². The van der Waals surface area contributed by atoms with E-state index in [2.05, 4.69) is 20.9 Å². The molecular formula is C9H10BrNO3. The van der Waals surface area contributed by atoms with Crippen LogP contribution in [0.1, 0.15) is 12.5 Å². The Morgan fingerprint density at radius 3 is 3.00 bits per heavy atom. The van der Waals surface area contributed by atoms with Gasteiger partial charge in [-0.1, -0.05) is 0 Å². The molecule has 76 valence electrons. The monoisotopic (exact) mass is 259 g/mol. The first-order valence-electron chi connectivity index (χ1n) is 4.16. The fourth-order valence-electron chi connectivity index (χ4n) is 1.000. The molecule has 0 bridgehead atoms. The Balaban J connectivity index is 2.81. The molecule has 0 aliphatic heterocycles. The third kappa shape index (κ3) is 2.99. The fraction of sp³-hybridized carbons (Fsp3) is 0.333. The lowest BCUT2D eigenvalue weighted by molar-refractivity contribution is -0.142. The Bertz CT molecular complexity index is 386. The van der Waals surface area contributed by atoms with E-state index in [9.17, 15) is 9.59 Å². The quantitative estimate of drug-likeness (QED) is 0.832. The molecular weight excluding hydrogens is 250 g/mol. The third-order valence-corrected chi connectivity index (χ3v) is 2.04. The SMILES string of the molecule is CCOC(=O)Cc1cc(Br)c[nH]c1=O. The Morgan fingerprint density at radius 1 is 1.64 bits per heavy atom. The largest absolute Gasteiger partial charge is 0.466 e. The van der Waals surface area contributed by atoms with E-state index in [4.69, 9.17) is 4.74 Å². The van der Waals surface area contributed by atoms with Crippen molar-refractivity contribution < 1.29 is 9.53 Å². The van der Waals surface area contributed by atoms with Gasteiger partial charge in [-0.05, 0) is 28.9 Å². The summed E-state index contributed by atoms with van der Waals surface area (Å²) in [5, 5.41) is 0. The van der Waals surface area contributed by atoms with E-state index < -0.39 is 5.97 Å². The molecule has 0 saturated heterocycles. The van der Waals surface area contributed by atoms with Gasteiger partial charge in [0.25, 0.3) is 5.56 Å². The second-order valence-electron chi connectivity index (χ2n) is 2.65. The lowest BCUT2D eigenvalue weighted by Crippen LogP contribution is -2.17. The molecule has 4 nitrogen and oxygen atoms in total. The molecule has 0 spiro atoms. The zero-order chi connectivity index (χ0) is 10.6. The molecule has 1 heterocycles. The number of hydrogen-bond acceptors (Lipinski definition) is 3. The molecule has 0 atom stereocenters. The number of carbonyl (C=O) groups excluding carboxylic acids is 1. The van der Waals surface area contributed by atoms with E-state index >= 15 is 0 Å². The number of carbonyl (C=O) groups is 1. The van der Waals surface area contributed by atoms with Crippen LogP contribution in [0, 0.1) is 0 Å². The Labute approximate surface area is 89.4 Å². The van der Waals surface area contributed by atoms with Gasteiger partial charge >= 0.3 is 5.97 Å². The minimum Gasteiger partial charge on any atom is -0.466 e. The van der Waals surface area contributed by atoms with Crippen LogP contribution in [0.25, 0.3) is 0 Å². The number of rotatable bonds is 3. The lowest BCUT2D eigenvalue weighted by Gasteiger charge is -2.01. The molecule has 0 aliphatic rings. The molecule has 0 unspecified atom stereocenters. The van der Waals surface area contributed by atoms with Crippen LogP contribution in [0.2, 0.25) is 0 Å². The van der Waals surface area contributed by atoms with E-state index in [0.29, 0.717) is 12.2 Å². The van der Waals surface area contributed by atoms with Crippen molar-refractivity contribution in [3.05, 3.63) is 32.7 Å². The van der Waals surface area contributed by atoms with E-state index in [1.165, 1.54) is 6.20 Å². The van der Waals surface area contributed by atoms with Gasteiger partial charge in [-0.3, -0.25) is 9.59 Å². The summed E-state index contributed by atoms with van der Waals surface area (Å²) in [6.07, 6.45) is 1.53. The highest BCUT2D eigenvalue weighted by molar-refractivity contribution is 9.10. The van der Waals surface area contributed by atoms with Crippen LogP contribution in [-0.2, 0) is 16.0 Å². The zero-order valence-electron chi connectivity index (χ0n) is 7.67. The van der Waals surface area contributed by atoms with Crippen LogP contribution in [0.5, 0.6) is 0 Å². The molecule has 5 heteroatoms. The van der Waals surface area contributed by atoms with Crippen LogP contribution in [0.4, 0.5) is 0 Å². The Morgan fingerprint density at radius 2 is 2.36 bits per heavy atom. The van der Waals surface area contributed by atoms with Gasteiger partial charge in [-0.15, -0.1) is 0 Å². The number of ether oxygens (including phenoxy) is 1. The zero-order valence-corrected chi connectivity index (χ0v) is 9.26. The van der Waals surface area contributed by atoms with E-state index in [-0.39, 0.29) is 12.0 Å². The van der Waals surface area contributed by atoms with Crippen molar-refractivity contribution in [1.29, 1.82) is 0 Å². The number of H-pyrrole nitrogens is 1. The van der Waals surface area contributed by atoms with Gasteiger partial charge in [0.1, 0.15) is 0 Å². The summed E-state index contributed by atoms with van der Waals surface area (Å²) in [5.74, 6) is -0.392. The number of pyridine rings is 1. The summed E-state index contributed by atoms with van der Waals surface area (Å²) in [5.41, 5.74) is 0.138. The number of halogens is 1. The van der Waals surface area contributed by atoms with Gasteiger partial charge < -0.3 is 9.72 Å². The standard InChI is InChI=1S/C9H10BrNO3/c1-2-14-8(12)4-6-3-7(10)5-11-9(6)13/h3,5H,2,4H2,1H3,(H,11,13). The van der Waals surface area contributed by atoms with Crippen LogP contribution in [0.15, 0.2) is 21.5 Å². The van der Waals surface area contributed by atoms with Crippen molar-refractivity contribution in [2.75, 3.05) is 6.61 Å². The van der Waals surface area contributed by atoms with Gasteiger partial charge in [0.2, 0.25) is 0 Å². The summed E-state index contributed by atoms with van der Waals surface area (Å²) in [6.45, 7) is 2.05. The maximum atomic E-state index is 11.2. The molecule has 1 N–H and O–H groups in total. The highest BCUT2D eigenvalue weighted by Crippen LogP contribution is 2.07. The number of aromatic amines is 1. The predicted molar refractivity (Wildman–Crippen MR) is 55.1 cm³/mol. The van der Waals surface area contributed by atoms with E-state index in [1.807, 2.05) is 0 Å². The molecule has 0 aliphatic carbocycles. The van der Waals surface area contributed by atoms with Crippen molar-refractivity contribution in [3.63, 3.8) is 0 Å². The summed E-state index contributed by atoms with van der Waals surface area (Å²) >= 11 is 3.20. The minimum absolute atomic E-state index is 0.00259. The molecule has 0 aromatic carbocycles.